The molecular weight excluding hydrogens is 186 g/mol. The van der Waals surface area contributed by atoms with Crippen LogP contribution >= 0.6 is 0 Å². The summed E-state index contributed by atoms with van der Waals surface area (Å²) in [6.07, 6.45) is 0.885. The molecular formula is C10H12F2N2. The van der Waals surface area contributed by atoms with Gasteiger partial charge in [-0.2, -0.15) is 0 Å². The number of hydrogen-bond acceptors (Lipinski definition) is 2. The van der Waals surface area contributed by atoms with Gasteiger partial charge in [0.1, 0.15) is 5.82 Å². The zero-order valence-electron chi connectivity index (χ0n) is 7.90. The summed E-state index contributed by atoms with van der Waals surface area (Å²) in [5.41, 5.74) is 0.878. The van der Waals surface area contributed by atoms with Crippen LogP contribution in [0.15, 0.2) is 12.1 Å². The molecule has 4 heteroatoms. The van der Waals surface area contributed by atoms with Crippen molar-refractivity contribution in [3.63, 3.8) is 0 Å². The SMILES string of the molecule is CC1CCNc2c(F)cc(F)cc2N1. The first-order chi connectivity index (χ1) is 6.66. The van der Waals surface area contributed by atoms with Crippen molar-refractivity contribution in [3.05, 3.63) is 23.8 Å². The molecule has 1 aliphatic rings. The van der Waals surface area contributed by atoms with Gasteiger partial charge in [-0.25, -0.2) is 8.78 Å². The van der Waals surface area contributed by atoms with Gasteiger partial charge in [-0.3, -0.25) is 0 Å². The highest BCUT2D eigenvalue weighted by Gasteiger charge is 2.16. The fourth-order valence-electron chi connectivity index (χ4n) is 1.62. The fraction of sp³-hybridized carbons (Fsp3) is 0.400. The van der Waals surface area contributed by atoms with E-state index in [9.17, 15) is 8.78 Å². The molecule has 1 atom stereocenters. The van der Waals surface area contributed by atoms with Gasteiger partial charge in [-0.1, -0.05) is 0 Å². The monoisotopic (exact) mass is 198 g/mol. The molecule has 0 saturated heterocycles. The van der Waals surface area contributed by atoms with E-state index in [2.05, 4.69) is 10.6 Å². The lowest BCUT2D eigenvalue weighted by Crippen LogP contribution is -2.14. The first kappa shape index (κ1) is 9.24. The van der Waals surface area contributed by atoms with Crippen molar-refractivity contribution < 1.29 is 8.78 Å². The number of fused-ring (bicyclic) bond motifs is 1. The Bertz CT molecular complexity index is 352. The van der Waals surface area contributed by atoms with Gasteiger partial charge in [0, 0.05) is 18.7 Å². The molecule has 2 N–H and O–H groups in total. The molecule has 76 valence electrons. The Hall–Kier alpha value is -1.32. The third kappa shape index (κ3) is 1.64. The number of anilines is 2. The molecule has 0 fully saturated rings. The first-order valence-electron chi connectivity index (χ1n) is 4.66. The van der Waals surface area contributed by atoms with Crippen LogP contribution in [0.2, 0.25) is 0 Å². The molecule has 1 aliphatic heterocycles. The average molecular weight is 198 g/mol. The highest BCUT2D eigenvalue weighted by Crippen LogP contribution is 2.29. The van der Waals surface area contributed by atoms with E-state index >= 15 is 0 Å². The van der Waals surface area contributed by atoms with E-state index in [1.807, 2.05) is 6.92 Å². The number of nitrogens with one attached hydrogen (secondary N) is 2. The van der Waals surface area contributed by atoms with E-state index in [-0.39, 0.29) is 6.04 Å². The second-order valence-electron chi connectivity index (χ2n) is 3.57. The van der Waals surface area contributed by atoms with E-state index < -0.39 is 11.6 Å². The average Bonchev–Trinajstić information content (AvgIpc) is 2.25. The maximum absolute atomic E-state index is 13.3. The van der Waals surface area contributed by atoms with E-state index in [1.54, 1.807) is 0 Å². The smallest absolute Gasteiger partial charge is 0.151 e. The molecule has 2 nitrogen and oxygen atoms in total. The van der Waals surface area contributed by atoms with Gasteiger partial charge in [-0.15, -0.1) is 0 Å². The van der Waals surface area contributed by atoms with E-state index in [0.29, 0.717) is 17.9 Å². The van der Waals surface area contributed by atoms with Crippen LogP contribution in [0.5, 0.6) is 0 Å². The van der Waals surface area contributed by atoms with Crippen LogP contribution in [0, 0.1) is 11.6 Å². The van der Waals surface area contributed by atoms with Crippen LogP contribution in [0.4, 0.5) is 20.2 Å². The third-order valence-corrected chi connectivity index (χ3v) is 2.34. The minimum absolute atomic E-state index is 0.227. The van der Waals surface area contributed by atoms with Gasteiger partial charge in [0.15, 0.2) is 5.82 Å². The number of hydrogen-bond donors (Lipinski definition) is 2. The van der Waals surface area contributed by atoms with Gasteiger partial charge >= 0.3 is 0 Å². The van der Waals surface area contributed by atoms with Crippen LogP contribution in [-0.4, -0.2) is 12.6 Å². The Labute approximate surface area is 81.3 Å². The Morgan fingerprint density at radius 1 is 1.36 bits per heavy atom. The molecule has 0 radical (unpaired) electrons. The summed E-state index contributed by atoms with van der Waals surface area (Å²) in [6, 6.07) is 2.43. The van der Waals surface area contributed by atoms with E-state index in [4.69, 9.17) is 0 Å². The zero-order chi connectivity index (χ0) is 10.1. The molecule has 1 unspecified atom stereocenters. The summed E-state index contributed by atoms with van der Waals surface area (Å²) in [5.74, 6) is -1.09. The molecule has 1 aromatic carbocycles. The second-order valence-corrected chi connectivity index (χ2v) is 3.57. The predicted molar refractivity (Wildman–Crippen MR) is 52.5 cm³/mol. The standard InChI is InChI=1S/C10H12F2N2/c1-6-2-3-13-10-8(12)4-7(11)5-9(10)14-6/h4-6,13-14H,2-3H2,1H3. The topological polar surface area (TPSA) is 24.1 Å². The van der Waals surface area contributed by atoms with Crippen molar-refractivity contribution in [1.29, 1.82) is 0 Å². The largest absolute Gasteiger partial charge is 0.381 e. The highest BCUT2D eigenvalue weighted by molar-refractivity contribution is 5.70. The fourth-order valence-corrected chi connectivity index (χ4v) is 1.62. The van der Waals surface area contributed by atoms with Gasteiger partial charge in [0.05, 0.1) is 11.4 Å². The number of rotatable bonds is 0. The van der Waals surface area contributed by atoms with Crippen molar-refractivity contribution in [2.45, 2.75) is 19.4 Å². The van der Waals surface area contributed by atoms with Crippen molar-refractivity contribution in [1.82, 2.24) is 0 Å². The minimum atomic E-state index is -0.551. The van der Waals surface area contributed by atoms with Crippen molar-refractivity contribution in [2.75, 3.05) is 17.2 Å². The molecule has 1 aromatic rings. The van der Waals surface area contributed by atoms with Crippen LogP contribution in [0.3, 0.4) is 0 Å². The predicted octanol–water partition coefficient (Wildman–Crippen LogP) is 2.58. The minimum Gasteiger partial charge on any atom is -0.381 e. The number of halogens is 2. The Morgan fingerprint density at radius 2 is 2.14 bits per heavy atom. The first-order valence-corrected chi connectivity index (χ1v) is 4.66. The molecule has 0 aromatic heterocycles. The van der Waals surface area contributed by atoms with Crippen molar-refractivity contribution in [2.24, 2.45) is 0 Å². The quantitative estimate of drug-likeness (QED) is 0.669. The van der Waals surface area contributed by atoms with Crippen molar-refractivity contribution in [3.8, 4) is 0 Å². The Morgan fingerprint density at radius 3 is 2.93 bits per heavy atom. The highest BCUT2D eigenvalue weighted by atomic mass is 19.1. The molecule has 0 amide bonds. The summed E-state index contributed by atoms with van der Waals surface area (Å²) in [4.78, 5) is 0. The van der Waals surface area contributed by atoms with E-state index in [1.165, 1.54) is 6.07 Å². The van der Waals surface area contributed by atoms with Gasteiger partial charge in [0.25, 0.3) is 0 Å². The molecule has 2 rings (SSSR count). The maximum Gasteiger partial charge on any atom is 0.151 e. The lowest BCUT2D eigenvalue weighted by Gasteiger charge is -2.12. The summed E-state index contributed by atoms with van der Waals surface area (Å²) in [6.45, 7) is 2.68. The van der Waals surface area contributed by atoms with Crippen molar-refractivity contribution >= 4 is 11.4 Å². The third-order valence-electron chi connectivity index (χ3n) is 2.34. The maximum atomic E-state index is 13.3. The van der Waals surface area contributed by atoms with E-state index in [0.717, 1.165) is 12.5 Å². The Balaban J connectivity index is 2.45. The molecule has 1 heterocycles. The molecule has 0 spiro atoms. The Kier molecular flexibility index (Phi) is 2.27. The molecule has 0 saturated carbocycles. The molecule has 0 bridgehead atoms. The summed E-state index contributed by atoms with van der Waals surface area (Å²) < 4.78 is 26.2. The number of benzene rings is 1. The normalized spacial score (nSPS) is 20.4. The van der Waals surface area contributed by atoms with Crippen LogP contribution in [-0.2, 0) is 0 Å². The summed E-state index contributed by atoms with van der Waals surface area (Å²) >= 11 is 0. The van der Waals surface area contributed by atoms with Crippen LogP contribution < -0.4 is 10.6 Å². The molecule has 14 heavy (non-hydrogen) atoms. The molecule has 0 aliphatic carbocycles. The summed E-state index contributed by atoms with van der Waals surface area (Å²) in [7, 11) is 0. The zero-order valence-corrected chi connectivity index (χ0v) is 7.90. The lowest BCUT2D eigenvalue weighted by atomic mass is 10.2. The van der Waals surface area contributed by atoms with Gasteiger partial charge in [-0.05, 0) is 19.4 Å². The lowest BCUT2D eigenvalue weighted by molar-refractivity contribution is 0.586. The van der Waals surface area contributed by atoms with Crippen LogP contribution in [0.25, 0.3) is 0 Å². The van der Waals surface area contributed by atoms with Gasteiger partial charge in [0.2, 0.25) is 0 Å². The second kappa shape index (κ2) is 3.44. The van der Waals surface area contributed by atoms with Gasteiger partial charge < -0.3 is 10.6 Å². The van der Waals surface area contributed by atoms with Crippen LogP contribution in [0.1, 0.15) is 13.3 Å². The summed E-state index contributed by atoms with van der Waals surface area (Å²) in [5, 5.41) is 6.01.